The Kier molecular flexibility index (Phi) is 3.14. The van der Waals surface area contributed by atoms with Gasteiger partial charge in [0.25, 0.3) is 0 Å². The lowest BCUT2D eigenvalue weighted by molar-refractivity contribution is 0.859. The van der Waals surface area contributed by atoms with Crippen LogP contribution in [-0.4, -0.2) is 4.98 Å². The first kappa shape index (κ1) is 12.4. The lowest BCUT2D eigenvalue weighted by atomic mass is 9.92. The molecule has 0 atom stereocenters. The van der Waals surface area contributed by atoms with Crippen LogP contribution in [0.5, 0.6) is 0 Å². The zero-order valence-electron chi connectivity index (χ0n) is 15.9. The van der Waals surface area contributed by atoms with Crippen LogP contribution in [0.15, 0.2) is 42.5 Å². The van der Waals surface area contributed by atoms with Crippen LogP contribution in [0.25, 0.3) is 22.0 Å². The Morgan fingerprint density at radius 3 is 2.27 bits per heavy atom. The number of aryl methyl sites for hydroxylation is 3. The van der Waals surface area contributed by atoms with Crippen molar-refractivity contribution >= 4 is 10.8 Å². The topological polar surface area (TPSA) is 12.9 Å². The first-order chi connectivity index (χ1) is 11.3. The predicted molar refractivity (Wildman–Crippen MR) is 95.5 cm³/mol. The maximum Gasteiger partial charge on any atom is 0.0840 e. The molecule has 0 N–H and O–H groups in total. The zero-order chi connectivity index (χ0) is 17.6. The first-order valence-electron chi connectivity index (χ1n) is 8.78. The second-order valence-corrected chi connectivity index (χ2v) is 6.48. The standard InChI is InChI=1S/C21H23N/c1-13(2)19-12-17-6-7-22-21(20(17)11-16(19)5)18-9-14(3)8-15(4)10-18/h6-13H,1-5H3/i6D,7D. The van der Waals surface area contributed by atoms with Crippen molar-refractivity contribution in [3.63, 3.8) is 0 Å². The molecule has 22 heavy (non-hydrogen) atoms. The third kappa shape index (κ3) is 2.64. The maximum absolute atomic E-state index is 8.29. The van der Waals surface area contributed by atoms with E-state index in [2.05, 4.69) is 69.9 Å². The lowest BCUT2D eigenvalue weighted by Crippen LogP contribution is -1.94. The highest BCUT2D eigenvalue weighted by Crippen LogP contribution is 2.31. The summed E-state index contributed by atoms with van der Waals surface area (Å²) in [6, 6.07) is 10.7. The molecule has 1 aromatic heterocycles. The summed E-state index contributed by atoms with van der Waals surface area (Å²) in [5, 5.41) is 1.78. The van der Waals surface area contributed by atoms with Crippen LogP contribution in [0.1, 0.15) is 44.8 Å². The van der Waals surface area contributed by atoms with E-state index < -0.39 is 0 Å². The Morgan fingerprint density at radius 2 is 1.64 bits per heavy atom. The van der Waals surface area contributed by atoms with Crippen molar-refractivity contribution in [3.8, 4) is 11.3 Å². The summed E-state index contributed by atoms with van der Waals surface area (Å²) in [7, 11) is 0. The number of hydrogen-bond acceptors (Lipinski definition) is 1. The average Bonchev–Trinajstić information content (AvgIpc) is 2.49. The van der Waals surface area contributed by atoms with Gasteiger partial charge in [-0.15, -0.1) is 0 Å². The molecule has 0 radical (unpaired) electrons. The van der Waals surface area contributed by atoms with Gasteiger partial charge in [0.15, 0.2) is 0 Å². The molecule has 0 fully saturated rings. The molecule has 0 saturated carbocycles. The van der Waals surface area contributed by atoms with Crippen molar-refractivity contribution in [1.29, 1.82) is 0 Å². The SMILES string of the molecule is [2H]c1nc(-c2cc(C)cc(C)c2)c2cc(C)c(C(C)C)cc2c1[2H]. The van der Waals surface area contributed by atoms with E-state index in [1.54, 1.807) is 0 Å². The van der Waals surface area contributed by atoms with Crippen molar-refractivity contribution in [1.82, 2.24) is 4.98 Å². The second-order valence-electron chi connectivity index (χ2n) is 6.48. The van der Waals surface area contributed by atoms with Gasteiger partial charge in [0.05, 0.1) is 8.44 Å². The fourth-order valence-electron chi connectivity index (χ4n) is 3.18. The fraction of sp³-hybridized carbons (Fsp3) is 0.286. The van der Waals surface area contributed by atoms with Gasteiger partial charge in [-0.2, -0.15) is 0 Å². The van der Waals surface area contributed by atoms with Crippen LogP contribution < -0.4 is 0 Å². The van der Waals surface area contributed by atoms with Crippen LogP contribution in [0.2, 0.25) is 0 Å². The second kappa shape index (κ2) is 5.57. The quantitative estimate of drug-likeness (QED) is 0.568. The third-order valence-corrected chi connectivity index (χ3v) is 4.14. The summed E-state index contributed by atoms with van der Waals surface area (Å²) in [4.78, 5) is 4.45. The van der Waals surface area contributed by atoms with Gasteiger partial charge in [-0.1, -0.05) is 37.1 Å². The minimum atomic E-state index is 0.0372. The molecule has 0 aliphatic rings. The molecule has 0 aliphatic heterocycles. The normalized spacial score (nSPS) is 12.6. The van der Waals surface area contributed by atoms with Crippen molar-refractivity contribution < 1.29 is 2.74 Å². The Hall–Kier alpha value is -2.15. The molecule has 1 heterocycles. The molecule has 112 valence electrons. The van der Waals surface area contributed by atoms with E-state index in [0.29, 0.717) is 5.92 Å². The zero-order valence-corrected chi connectivity index (χ0v) is 13.9. The van der Waals surface area contributed by atoms with E-state index in [1.165, 1.54) is 22.3 Å². The third-order valence-electron chi connectivity index (χ3n) is 4.14. The molecule has 1 heteroatoms. The highest BCUT2D eigenvalue weighted by Gasteiger charge is 2.10. The van der Waals surface area contributed by atoms with Crippen molar-refractivity contribution in [2.45, 2.75) is 40.5 Å². The van der Waals surface area contributed by atoms with Crippen molar-refractivity contribution in [2.75, 3.05) is 0 Å². The van der Waals surface area contributed by atoms with Gasteiger partial charge in [0, 0.05) is 17.1 Å². The molecule has 0 amide bonds. The Balaban J connectivity index is 2.40. The average molecular weight is 291 g/mol. The Labute approximate surface area is 135 Å². The van der Waals surface area contributed by atoms with E-state index in [4.69, 9.17) is 2.74 Å². The van der Waals surface area contributed by atoms with Crippen LogP contribution >= 0.6 is 0 Å². The number of hydrogen-bond donors (Lipinski definition) is 0. The summed E-state index contributed by atoms with van der Waals surface area (Å²) < 4.78 is 16.4. The lowest BCUT2D eigenvalue weighted by Gasteiger charge is -2.14. The minimum absolute atomic E-state index is 0.0372. The van der Waals surface area contributed by atoms with Gasteiger partial charge in [-0.25, -0.2) is 0 Å². The largest absolute Gasteiger partial charge is 0.256 e. The Morgan fingerprint density at radius 1 is 0.955 bits per heavy atom. The summed E-state index contributed by atoms with van der Waals surface area (Å²) in [6.07, 6.45) is 0.0372. The van der Waals surface area contributed by atoms with Crippen LogP contribution in [0.4, 0.5) is 0 Å². The predicted octanol–water partition coefficient (Wildman–Crippen LogP) is 5.95. The van der Waals surface area contributed by atoms with E-state index in [1.807, 2.05) is 0 Å². The number of aromatic nitrogens is 1. The molecule has 0 aliphatic carbocycles. The molecule has 0 bridgehead atoms. The fourth-order valence-corrected chi connectivity index (χ4v) is 3.18. The molecule has 0 unspecified atom stereocenters. The number of benzene rings is 2. The molecule has 3 aromatic rings. The summed E-state index contributed by atoms with van der Waals surface area (Å²) in [5.41, 5.74) is 6.61. The van der Waals surface area contributed by atoms with Crippen LogP contribution in [0.3, 0.4) is 0 Å². The number of nitrogens with zero attached hydrogens (tertiary/aromatic N) is 1. The van der Waals surface area contributed by atoms with E-state index >= 15 is 0 Å². The van der Waals surface area contributed by atoms with Crippen LogP contribution in [-0.2, 0) is 0 Å². The van der Waals surface area contributed by atoms with Gasteiger partial charge in [0.2, 0.25) is 0 Å². The number of rotatable bonds is 2. The molecule has 0 spiro atoms. The highest BCUT2D eigenvalue weighted by molar-refractivity contribution is 5.95. The molecule has 0 saturated heterocycles. The summed E-state index contributed by atoms with van der Waals surface area (Å²) in [5.74, 6) is 0.390. The maximum atomic E-state index is 8.29. The molecule has 2 aromatic carbocycles. The van der Waals surface area contributed by atoms with Gasteiger partial charge >= 0.3 is 0 Å². The van der Waals surface area contributed by atoms with Gasteiger partial charge in [-0.05, 0) is 67.4 Å². The minimum Gasteiger partial charge on any atom is -0.256 e. The van der Waals surface area contributed by atoms with E-state index in [9.17, 15) is 0 Å². The summed E-state index contributed by atoms with van der Waals surface area (Å²) in [6.45, 7) is 10.6. The molecular formula is C21H23N. The van der Waals surface area contributed by atoms with Crippen molar-refractivity contribution in [3.05, 3.63) is 64.8 Å². The number of fused-ring (bicyclic) bond motifs is 1. The van der Waals surface area contributed by atoms with Crippen molar-refractivity contribution in [2.24, 2.45) is 0 Å². The molecule has 1 nitrogen and oxygen atoms in total. The number of pyridine rings is 1. The smallest absolute Gasteiger partial charge is 0.0840 e. The molecule has 3 rings (SSSR count). The molecular weight excluding hydrogens is 266 g/mol. The Bertz CT molecular complexity index is 922. The highest BCUT2D eigenvalue weighted by atomic mass is 14.7. The van der Waals surface area contributed by atoms with Gasteiger partial charge in [0.1, 0.15) is 0 Å². The van der Waals surface area contributed by atoms with E-state index in [0.717, 1.165) is 22.0 Å². The first-order valence-corrected chi connectivity index (χ1v) is 7.78. The van der Waals surface area contributed by atoms with Gasteiger partial charge in [-0.3, -0.25) is 4.98 Å². The monoisotopic (exact) mass is 291 g/mol. The van der Waals surface area contributed by atoms with Gasteiger partial charge < -0.3 is 0 Å². The van der Waals surface area contributed by atoms with E-state index in [-0.39, 0.29) is 12.2 Å². The van der Waals surface area contributed by atoms with Crippen LogP contribution in [0, 0.1) is 20.8 Å². The summed E-state index contributed by atoms with van der Waals surface area (Å²) >= 11 is 0.